The summed E-state index contributed by atoms with van der Waals surface area (Å²) in [6.45, 7) is 2.06. The molecule has 10 heteroatoms. The second-order valence-electron chi connectivity index (χ2n) is 5.25. The Morgan fingerprint density at radius 1 is 0.615 bits per heavy atom. The van der Waals surface area contributed by atoms with E-state index in [4.69, 9.17) is 29.9 Å². The van der Waals surface area contributed by atoms with Gasteiger partial charge in [0.1, 0.15) is 13.2 Å². The predicted octanol–water partition coefficient (Wildman–Crippen LogP) is -2.80. The van der Waals surface area contributed by atoms with E-state index in [0.29, 0.717) is 39.3 Å². The summed E-state index contributed by atoms with van der Waals surface area (Å²) >= 11 is 0. The third kappa shape index (κ3) is 13.7. The number of rotatable bonds is 16. The molecule has 0 aromatic heterocycles. The summed E-state index contributed by atoms with van der Waals surface area (Å²) in [5.41, 5.74) is 0. The van der Waals surface area contributed by atoms with Gasteiger partial charge >= 0.3 is 11.9 Å². The minimum atomic E-state index is -0.697. The van der Waals surface area contributed by atoms with Crippen molar-refractivity contribution in [2.75, 3.05) is 78.9 Å². The van der Waals surface area contributed by atoms with Crippen LogP contribution in [0.15, 0.2) is 12.2 Å². The van der Waals surface area contributed by atoms with Crippen molar-refractivity contribution in [2.24, 2.45) is 0 Å². The van der Waals surface area contributed by atoms with Gasteiger partial charge in [-0.1, -0.05) is 0 Å². The van der Waals surface area contributed by atoms with Gasteiger partial charge in [0, 0.05) is 51.4 Å². The maximum Gasteiger partial charge on any atom is 0.331 e. The smallest absolute Gasteiger partial charge is 0.331 e. The molecular formula is C16H30N2O8. The van der Waals surface area contributed by atoms with Crippen LogP contribution in [0.4, 0.5) is 0 Å². The normalized spacial score (nSPS) is 11.5. The van der Waals surface area contributed by atoms with Gasteiger partial charge in [-0.3, -0.25) is 9.80 Å². The average molecular weight is 378 g/mol. The van der Waals surface area contributed by atoms with E-state index in [1.807, 2.05) is 0 Å². The predicted molar refractivity (Wildman–Crippen MR) is 92.3 cm³/mol. The van der Waals surface area contributed by atoms with E-state index in [2.05, 4.69) is 0 Å². The topological polar surface area (TPSA) is 140 Å². The molecule has 0 saturated carbocycles. The second-order valence-corrected chi connectivity index (χ2v) is 5.25. The Kier molecular flexibility index (Phi) is 15.9. The van der Waals surface area contributed by atoms with Gasteiger partial charge in [0.15, 0.2) is 0 Å². The number of carbonyl (C=O) groups excluding carboxylic acids is 2. The fourth-order valence-electron chi connectivity index (χ4n) is 2.02. The molecule has 0 aromatic carbocycles. The number of esters is 2. The highest BCUT2D eigenvalue weighted by Gasteiger charge is 2.07. The molecule has 0 heterocycles. The summed E-state index contributed by atoms with van der Waals surface area (Å²) in [6, 6.07) is 0. The quantitative estimate of drug-likeness (QED) is 0.164. The zero-order chi connectivity index (χ0) is 19.6. The number of carbonyl (C=O) groups is 2. The van der Waals surface area contributed by atoms with Crippen LogP contribution in [0.5, 0.6) is 0 Å². The molecule has 4 N–H and O–H groups in total. The van der Waals surface area contributed by atoms with Crippen LogP contribution in [-0.4, -0.2) is 121 Å². The Labute approximate surface area is 153 Å². The molecule has 0 aliphatic rings. The Morgan fingerprint density at radius 2 is 0.923 bits per heavy atom. The summed E-state index contributed by atoms with van der Waals surface area (Å²) in [5.74, 6) is -1.39. The largest absolute Gasteiger partial charge is 0.461 e. The summed E-state index contributed by atoms with van der Waals surface area (Å²) in [4.78, 5) is 26.5. The van der Waals surface area contributed by atoms with Crippen molar-refractivity contribution in [1.82, 2.24) is 9.80 Å². The molecule has 0 bridgehead atoms. The Bertz CT molecular complexity index is 358. The van der Waals surface area contributed by atoms with E-state index in [1.54, 1.807) is 9.80 Å². The van der Waals surface area contributed by atoms with Gasteiger partial charge in [-0.25, -0.2) is 9.59 Å². The van der Waals surface area contributed by atoms with Gasteiger partial charge in [-0.05, 0) is 0 Å². The fraction of sp³-hybridized carbons (Fsp3) is 0.750. The van der Waals surface area contributed by atoms with E-state index >= 15 is 0 Å². The highest BCUT2D eigenvalue weighted by atomic mass is 16.5. The van der Waals surface area contributed by atoms with Crippen LogP contribution in [0.2, 0.25) is 0 Å². The lowest BCUT2D eigenvalue weighted by Crippen LogP contribution is -2.33. The molecule has 0 spiro atoms. The molecule has 0 fully saturated rings. The van der Waals surface area contributed by atoms with Gasteiger partial charge in [0.2, 0.25) is 0 Å². The average Bonchev–Trinajstić information content (AvgIpc) is 2.60. The zero-order valence-corrected chi connectivity index (χ0v) is 15.0. The monoisotopic (exact) mass is 378 g/mol. The van der Waals surface area contributed by atoms with Gasteiger partial charge in [-0.15, -0.1) is 0 Å². The molecule has 0 saturated heterocycles. The molecule has 26 heavy (non-hydrogen) atoms. The zero-order valence-electron chi connectivity index (χ0n) is 15.0. The van der Waals surface area contributed by atoms with Crippen molar-refractivity contribution < 1.29 is 39.5 Å². The van der Waals surface area contributed by atoms with Crippen LogP contribution in [-0.2, 0) is 19.1 Å². The lowest BCUT2D eigenvalue weighted by molar-refractivity contribution is -0.141. The Hall–Kier alpha value is -1.56. The molecule has 0 atom stereocenters. The van der Waals surface area contributed by atoms with Crippen molar-refractivity contribution >= 4 is 11.9 Å². The number of hydrogen-bond donors (Lipinski definition) is 4. The molecular weight excluding hydrogens is 348 g/mol. The minimum Gasteiger partial charge on any atom is -0.461 e. The molecule has 0 aliphatic heterocycles. The first-order chi connectivity index (χ1) is 12.6. The van der Waals surface area contributed by atoms with Crippen LogP contribution >= 0.6 is 0 Å². The van der Waals surface area contributed by atoms with Gasteiger partial charge in [0.05, 0.1) is 26.4 Å². The summed E-state index contributed by atoms with van der Waals surface area (Å²) in [6.07, 6.45) is 1.92. The molecule has 152 valence electrons. The summed E-state index contributed by atoms with van der Waals surface area (Å²) in [5, 5.41) is 35.4. The molecule has 0 unspecified atom stereocenters. The first-order valence-corrected chi connectivity index (χ1v) is 8.47. The van der Waals surface area contributed by atoms with Gasteiger partial charge in [0.25, 0.3) is 0 Å². The van der Waals surface area contributed by atoms with Crippen molar-refractivity contribution in [2.45, 2.75) is 0 Å². The molecule has 10 nitrogen and oxygen atoms in total. The third-order valence-electron chi connectivity index (χ3n) is 3.32. The van der Waals surface area contributed by atoms with Crippen molar-refractivity contribution in [1.29, 1.82) is 0 Å². The fourth-order valence-corrected chi connectivity index (χ4v) is 2.02. The SMILES string of the molecule is O=C(/C=C\C(=O)OCCN(CCO)CCO)OCCN(CCO)CCO. The van der Waals surface area contributed by atoms with Gasteiger partial charge < -0.3 is 29.9 Å². The Morgan fingerprint density at radius 3 is 1.19 bits per heavy atom. The highest BCUT2D eigenvalue weighted by Crippen LogP contribution is 1.92. The number of nitrogens with zero attached hydrogens (tertiary/aromatic N) is 2. The maximum absolute atomic E-state index is 11.5. The molecule has 0 aliphatic carbocycles. The van der Waals surface area contributed by atoms with Crippen molar-refractivity contribution in [3.05, 3.63) is 12.2 Å². The van der Waals surface area contributed by atoms with E-state index in [9.17, 15) is 9.59 Å². The number of hydrogen-bond acceptors (Lipinski definition) is 10. The van der Waals surface area contributed by atoms with Crippen molar-refractivity contribution in [3.63, 3.8) is 0 Å². The van der Waals surface area contributed by atoms with Crippen LogP contribution in [0.25, 0.3) is 0 Å². The van der Waals surface area contributed by atoms with Crippen LogP contribution in [0.3, 0.4) is 0 Å². The van der Waals surface area contributed by atoms with E-state index < -0.39 is 11.9 Å². The standard InChI is InChI=1S/C16H30N2O8/c19-9-3-17(4-10-20)7-13-25-15(23)1-2-16(24)26-14-8-18(5-11-21)6-12-22/h1-2,19-22H,3-14H2/b2-1-. The van der Waals surface area contributed by atoms with E-state index in [0.717, 1.165) is 12.2 Å². The second kappa shape index (κ2) is 16.9. The van der Waals surface area contributed by atoms with E-state index in [-0.39, 0.29) is 39.6 Å². The number of aliphatic hydroxyl groups is 4. The van der Waals surface area contributed by atoms with Crippen LogP contribution in [0.1, 0.15) is 0 Å². The third-order valence-corrected chi connectivity index (χ3v) is 3.32. The van der Waals surface area contributed by atoms with Crippen LogP contribution < -0.4 is 0 Å². The van der Waals surface area contributed by atoms with E-state index in [1.165, 1.54) is 0 Å². The number of ether oxygens (including phenoxy) is 2. The van der Waals surface area contributed by atoms with Crippen LogP contribution in [0, 0.1) is 0 Å². The van der Waals surface area contributed by atoms with Gasteiger partial charge in [-0.2, -0.15) is 0 Å². The summed E-state index contributed by atoms with van der Waals surface area (Å²) < 4.78 is 9.84. The molecule has 0 aromatic rings. The minimum absolute atomic E-state index is 0.0618. The molecule has 0 radical (unpaired) electrons. The maximum atomic E-state index is 11.5. The summed E-state index contributed by atoms with van der Waals surface area (Å²) in [7, 11) is 0. The first kappa shape index (κ1) is 24.4. The lowest BCUT2D eigenvalue weighted by atomic mass is 10.4. The Balaban J connectivity index is 3.98. The number of aliphatic hydroxyl groups excluding tert-OH is 4. The molecule has 0 rings (SSSR count). The van der Waals surface area contributed by atoms with Crippen molar-refractivity contribution in [3.8, 4) is 0 Å². The lowest BCUT2D eigenvalue weighted by Gasteiger charge is -2.19. The highest BCUT2D eigenvalue weighted by molar-refractivity contribution is 5.91. The first-order valence-electron chi connectivity index (χ1n) is 8.47. The molecule has 0 amide bonds.